The molecule has 3 aromatic rings. The van der Waals surface area contributed by atoms with Gasteiger partial charge in [0.05, 0.1) is 5.52 Å². The number of hydrogen-bond donors (Lipinski definition) is 2. The van der Waals surface area contributed by atoms with Crippen molar-refractivity contribution in [3.63, 3.8) is 0 Å². The van der Waals surface area contributed by atoms with E-state index in [4.69, 9.17) is 20.8 Å². The van der Waals surface area contributed by atoms with E-state index in [-0.39, 0.29) is 12.5 Å². The third kappa shape index (κ3) is 3.54. The molecule has 6 nitrogen and oxygen atoms in total. The lowest BCUT2D eigenvalue weighted by atomic mass is 10.2. The summed E-state index contributed by atoms with van der Waals surface area (Å²) in [5, 5.41) is 3.33. The van der Waals surface area contributed by atoms with Crippen LogP contribution in [0.25, 0.3) is 11.1 Å². The van der Waals surface area contributed by atoms with Crippen LogP contribution in [0.4, 0.5) is 5.69 Å². The smallest absolute Gasteiger partial charge is 0.417 e. The van der Waals surface area contributed by atoms with Crippen LogP contribution in [0.1, 0.15) is 5.56 Å². The first-order valence-corrected chi connectivity index (χ1v) is 7.21. The van der Waals surface area contributed by atoms with Crippen molar-refractivity contribution in [3.8, 4) is 5.75 Å². The highest BCUT2D eigenvalue weighted by atomic mass is 35.5. The molecule has 118 valence electrons. The normalized spacial score (nSPS) is 10.7. The van der Waals surface area contributed by atoms with Crippen molar-refractivity contribution in [2.24, 2.45) is 0 Å². The van der Waals surface area contributed by atoms with Crippen molar-refractivity contribution in [2.75, 3.05) is 11.9 Å². The van der Waals surface area contributed by atoms with Gasteiger partial charge in [0.15, 0.2) is 12.2 Å². The number of ether oxygens (including phenoxy) is 1. The van der Waals surface area contributed by atoms with E-state index in [2.05, 4.69) is 10.3 Å². The average molecular weight is 333 g/mol. The van der Waals surface area contributed by atoms with Gasteiger partial charge in [-0.1, -0.05) is 11.6 Å². The van der Waals surface area contributed by atoms with Crippen LogP contribution in [-0.2, 0) is 4.79 Å². The Bertz CT molecular complexity index is 929. The van der Waals surface area contributed by atoms with E-state index in [0.29, 0.717) is 27.6 Å². The van der Waals surface area contributed by atoms with E-state index in [1.54, 1.807) is 36.4 Å². The number of nitrogens with one attached hydrogen (secondary N) is 2. The van der Waals surface area contributed by atoms with Crippen LogP contribution in [0, 0.1) is 6.92 Å². The Morgan fingerprint density at radius 3 is 2.91 bits per heavy atom. The molecule has 0 saturated heterocycles. The van der Waals surface area contributed by atoms with Gasteiger partial charge in [0.25, 0.3) is 5.91 Å². The number of benzene rings is 2. The van der Waals surface area contributed by atoms with Gasteiger partial charge in [-0.05, 0) is 48.9 Å². The molecule has 1 amide bonds. The van der Waals surface area contributed by atoms with E-state index in [1.807, 2.05) is 6.92 Å². The van der Waals surface area contributed by atoms with Gasteiger partial charge in [-0.2, -0.15) is 0 Å². The maximum atomic E-state index is 11.9. The second-order valence-corrected chi connectivity index (χ2v) is 5.38. The first-order chi connectivity index (χ1) is 11.0. The molecule has 0 aliphatic heterocycles. The summed E-state index contributed by atoms with van der Waals surface area (Å²) in [6.45, 7) is 1.72. The molecule has 0 radical (unpaired) electrons. The highest BCUT2D eigenvalue weighted by Crippen LogP contribution is 2.21. The fourth-order valence-corrected chi connectivity index (χ4v) is 2.20. The number of hydrogen-bond acceptors (Lipinski definition) is 4. The molecule has 3 rings (SSSR count). The second kappa shape index (κ2) is 6.18. The Morgan fingerprint density at radius 2 is 2.13 bits per heavy atom. The minimum atomic E-state index is -0.537. The minimum Gasteiger partial charge on any atom is -0.484 e. The molecule has 2 N–H and O–H groups in total. The molecular weight excluding hydrogens is 320 g/mol. The quantitative estimate of drug-likeness (QED) is 0.769. The zero-order valence-corrected chi connectivity index (χ0v) is 12.9. The molecule has 7 heteroatoms. The molecule has 2 aromatic carbocycles. The van der Waals surface area contributed by atoms with E-state index in [9.17, 15) is 9.59 Å². The van der Waals surface area contributed by atoms with Gasteiger partial charge in [-0.3, -0.25) is 9.78 Å². The Labute approximate surface area is 136 Å². The standard InChI is InChI=1S/C16H13ClN2O4/c1-9-6-11(3-4-12(9)17)22-8-15(20)18-10-2-5-14-13(7-10)19-16(21)23-14/h2-7H,8H2,1H3,(H,18,20)(H,19,21). The maximum Gasteiger partial charge on any atom is 0.417 e. The summed E-state index contributed by atoms with van der Waals surface area (Å²) in [6.07, 6.45) is 0. The van der Waals surface area contributed by atoms with Gasteiger partial charge < -0.3 is 14.5 Å². The van der Waals surface area contributed by atoms with E-state index in [1.165, 1.54) is 0 Å². The number of fused-ring (bicyclic) bond motifs is 1. The van der Waals surface area contributed by atoms with Crippen LogP contribution >= 0.6 is 11.6 Å². The SMILES string of the molecule is Cc1cc(OCC(=O)Nc2ccc3oc(=O)[nH]c3c2)ccc1Cl. The Balaban J connectivity index is 1.63. The van der Waals surface area contributed by atoms with Crippen LogP contribution < -0.4 is 15.8 Å². The number of carbonyl (C=O) groups is 1. The van der Waals surface area contributed by atoms with E-state index in [0.717, 1.165) is 5.56 Å². The molecule has 0 atom stereocenters. The average Bonchev–Trinajstić information content (AvgIpc) is 2.88. The number of oxazole rings is 1. The van der Waals surface area contributed by atoms with E-state index >= 15 is 0 Å². The predicted octanol–water partition coefficient (Wildman–Crippen LogP) is 3.10. The Morgan fingerprint density at radius 1 is 1.30 bits per heavy atom. The summed E-state index contributed by atoms with van der Waals surface area (Å²) < 4.78 is 10.3. The van der Waals surface area contributed by atoms with Crippen molar-refractivity contribution < 1.29 is 13.9 Å². The first kappa shape index (κ1) is 15.2. The Kier molecular flexibility index (Phi) is 4.08. The fraction of sp³-hybridized carbons (Fsp3) is 0.125. The number of aromatic nitrogens is 1. The fourth-order valence-electron chi connectivity index (χ4n) is 2.08. The zero-order valence-electron chi connectivity index (χ0n) is 12.2. The van der Waals surface area contributed by atoms with Crippen LogP contribution in [0.2, 0.25) is 5.02 Å². The highest BCUT2D eigenvalue weighted by molar-refractivity contribution is 6.31. The lowest BCUT2D eigenvalue weighted by Gasteiger charge is -2.08. The van der Waals surface area contributed by atoms with Crippen molar-refractivity contribution in [1.82, 2.24) is 4.98 Å². The van der Waals surface area contributed by atoms with Gasteiger partial charge in [-0.25, -0.2) is 4.79 Å². The number of amides is 1. The van der Waals surface area contributed by atoms with Crippen LogP contribution in [0.5, 0.6) is 5.75 Å². The minimum absolute atomic E-state index is 0.138. The number of aromatic amines is 1. The van der Waals surface area contributed by atoms with Crippen molar-refractivity contribution in [2.45, 2.75) is 6.92 Å². The lowest BCUT2D eigenvalue weighted by molar-refractivity contribution is -0.118. The van der Waals surface area contributed by atoms with Gasteiger partial charge in [0.2, 0.25) is 0 Å². The first-order valence-electron chi connectivity index (χ1n) is 6.83. The topological polar surface area (TPSA) is 84.3 Å². The Hall–Kier alpha value is -2.73. The van der Waals surface area contributed by atoms with Crippen molar-refractivity contribution >= 4 is 34.3 Å². The van der Waals surface area contributed by atoms with Crippen molar-refractivity contribution in [3.05, 3.63) is 57.5 Å². The third-order valence-corrected chi connectivity index (χ3v) is 3.63. The molecule has 0 spiro atoms. The maximum absolute atomic E-state index is 11.9. The van der Waals surface area contributed by atoms with E-state index < -0.39 is 5.76 Å². The molecule has 0 bridgehead atoms. The second-order valence-electron chi connectivity index (χ2n) is 4.97. The predicted molar refractivity (Wildman–Crippen MR) is 87.1 cm³/mol. The number of carbonyl (C=O) groups excluding carboxylic acids is 1. The molecule has 0 unspecified atom stereocenters. The molecule has 0 aliphatic rings. The number of halogens is 1. The number of rotatable bonds is 4. The molecule has 0 saturated carbocycles. The highest BCUT2D eigenvalue weighted by Gasteiger charge is 2.07. The van der Waals surface area contributed by atoms with Gasteiger partial charge in [0.1, 0.15) is 5.75 Å². The molecule has 0 aliphatic carbocycles. The summed E-state index contributed by atoms with van der Waals surface area (Å²) in [6, 6.07) is 10.0. The monoisotopic (exact) mass is 332 g/mol. The number of aryl methyl sites for hydroxylation is 1. The third-order valence-electron chi connectivity index (χ3n) is 3.20. The van der Waals surface area contributed by atoms with Gasteiger partial charge in [0, 0.05) is 10.7 Å². The summed E-state index contributed by atoms with van der Waals surface area (Å²) in [5.74, 6) is -0.288. The molecular formula is C16H13ClN2O4. The molecule has 0 fully saturated rings. The summed E-state index contributed by atoms with van der Waals surface area (Å²) in [4.78, 5) is 25.5. The van der Waals surface area contributed by atoms with Crippen LogP contribution in [0.15, 0.2) is 45.6 Å². The number of H-pyrrole nitrogens is 1. The zero-order chi connectivity index (χ0) is 16.4. The molecule has 23 heavy (non-hydrogen) atoms. The van der Waals surface area contributed by atoms with Gasteiger partial charge in [-0.15, -0.1) is 0 Å². The van der Waals surface area contributed by atoms with Gasteiger partial charge >= 0.3 is 5.76 Å². The van der Waals surface area contributed by atoms with Crippen LogP contribution in [0.3, 0.4) is 0 Å². The lowest BCUT2D eigenvalue weighted by Crippen LogP contribution is -2.20. The van der Waals surface area contributed by atoms with Crippen LogP contribution in [-0.4, -0.2) is 17.5 Å². The molecule has 1 aromatic heterocycles. The number of anilines is 1. The van der Waals surface area contributed by atoms with Crippen molar-refractivity contribution in [1.29, 1.82) is 0 Å². The largest absolute Gasteiger partial charge is 0.484 e. The summed E-state index contributed by atoms with van der Waals surface area (Å²) in [7, 11) is 0. The summed E-state index contributed by atoms with van der Waals surface area (Å²) in [5.41, 5.74) is 2.36. The summed E-state index contributed by atoms with van der Waals surface area (Å²) >= 11 is 5.93. The molecule has 1 heterocycles.